The predicted molar refractivity (Wildman–Crippen MR) is 109 cm³/mol. The summed E-state index contributed by atoms with van der Waals surface area (Å²) < 4.78 is 57.7. The Labute approximate surface area is 178 Å². The van der Waals surface area contributed by atoms with E-state index in [4.69, 9.17) is 9.84 Å². The molecule has 0 saturated carbocycles. The Morgan fingerprint density at radius 1 is 1.16 bits per heavy atom. The van der Waals surface area contributed by atoms with Gasteiger partial charge < -0.3 is 9.84 Å². The minimum absolute atomic E-state index is 0.0149. The normalized spacial score (nSPS) is 11.2. The van der Waals surface area contributed by atoms with E-state index in [-0.39, 0.29) is 55.1 Å². The molecule has 0 bridgehead atoms. The number of carbonyl (C=O) groups is 1. The highest BCUT2D eigenvalue weighted by Crippen LogP contribution is 2.23. The average Bonchev–Trinajstić information content (AvgIpc) is 2.75. The van der Waals surface area contributed by atoms with Crippen molar-refractivity contribution >= 4 is 27.7 Å². The number of nitrogens with zero attached hydrogens (tertiary/aromatic N) is 2. The molecular formula is C20H19F2N3O5S. The fourth-order valence-corrected chi connectivity index (χ4v) is 3.29. The molecule has 0 atom stereocenters. The maximum Gasteiger partial charge on any atom is 0.232 e. The molecular weight excluding hydrogens is 432 g/mol. The molecule has 0 radical (unpaired) electrons. The monoisotopic (exact) mass is 451 g/mol. The van der Waals surface area contributed by atoms with E-state index < -0.39 is 33.9 Å². The lowest BCUT2D eigenvalue weighted by molar-refractivity contribution is 0.103. The van der Waals surface area contributed by atoms with Crippen LogP contribution in [-0.4, -0.2) is 49.0 Å². The third-order valence-corrected chi connectivity index (χ3v) is 4.87. The van der Waals surface area contributed by atoms with E-state index in [9.17, 15) is 22.0 Å². The minimum atomic E-state index is -2.75. The number of aromatic nitrogens is 2. The van der Waals surface area contributed by atoms with Crippen LogP contribution in [0.2, 0.25) is 0 Å². The second kappa shape index (κ2) is 10.3. The second-order valence-electron chi connectivity index (χ2n) is 6.48. The number of nitrogens with one attached hydrogen (secondary N) is 1. The fraction of sp³-hybridized carbons (Fsp3) is 0.250. The SMILES string of the molecule is O=C(c1ccc2ncc(OCCO)nc2c1)c1c(F)ccc(CCCN[SH](=O)=O)c1F. The Morgan fingerprint density at radius 2 is 1.97 bits per heavy atom. The molecule has 164 valence electrons. The van der Waals surface area contributed by atoms with Crippen molar-refractivity contribution in [1.29, 1.82) is 0 Å². The van der Waals surface area contributed by atoms with Gasteiger partial charge in [0.2, 0.25) is 16.8 Å². The Kier molecular flexibility index (Phi) is 7.55. The summed E-state index contributed by atoms with van der Waals surface area (Å²) in [6.07, 6.45) is 1.76. The number of carbonyl (C=O) groups excluding carboxylic acids is 1. The first-order valence-corrected chi connectivity index (χ1v) is 10.5. The molecule has 1 heterocycles. The third-order valence-electron chi connectivity index (χ3n) is 4.39. The van der Waals surface area contributed by atoms with Gasteiger partial charge in [-0.3, -0.25) is 4.79 Å². The number of thiol groups is 1. The number of aliphatic hydroxyl groups is 1. The van der Waals surface area contributed by atoms with E-state index in [0.29, 0.717) is 5.52 Å². The lowest BCUT2D eigenvalue weighted by Gasteiger charge is -2.10. The highest BCUT2D eigenvalue weighted by molar-refractivity contribution is 7.70. The number of fused-ring (bicyclic) bond motifs is 1. The van der Waals surface area contributed by atoms with Gasteiger partial charge in [0.25, 0.3) is 0 Å². The summed E-state index contributed by atoms with van der Waals surface area (Å²) in [5.74, 6) is -2.71. The third kappa shape index (κ3) is 5.57. The van der Waals surface area contributed by atoms with Crippen molar-refractivity contribution in [3.8, 4) is 5.88 Å². The van der Waals surface area contributed by atoms with Crippen LogP contribution in [0, 0.1) is 11.6 Å². The molecule has 1 aromatic heterocycles. The standard InChI is InChI=1S/C20H19F2N3O5S/c21-14-5-3-12(2-1-7-24-31(28)29)19(22)18(14)20(27)13-4-6-15-16(10-13)25-17(11-23-15)30-9-8-26/h3-6,10-11,26,31H,1-2,7-9H2,(H,24,28,29). The van der Waals surface area contributed by atoms with Gasteiger partial charge in [-0.1, -0.05) is 6.07 Å². The number of ether oxygens (including phenoxy) is 1. The number of halogens is 2. The van der Waals surface area contributed by atoms with Crippen molar-refractivity contribution in [2.45, 2.75) is 12.8 Å². The molecule has 0 fully saturated rings. The number of hydrogen-bond donors (Lipinski definition) is 3. The summed E-state index contributed by atoms with van der Waals surface area (Å²) in [5.41, 5.74) is 0.164. The lowest BCUT2D eigenvalue weighted by atomic mass is 9.97. The summed E-state index contributed by atoms with van der Waals surface area (Å²) in [7, 11) is -2.75. The average molecular weight is 451 g/mol. The number of benzene rings is 2. The Hall–Kier alpha value is -3.02. The molecule has 0 amide bonds. The van der Waals surface area contributed by atoms with Crippen molar-refractivity contribution in [3.63, 3.8) is 0 Å². The van der Waals surface area contributed by atoms with E-state index >= 15 is 0 Å². The first kappa shape index (κ1) is 22.7. The van der Waals surface area contributed by atoms with Crippen molar-refractivity contribution in [1.82, 2.24) is 14.7 Å². The molecule has 0 spiro atoms. The molecule has 2 aromatic carbocycles. The molecule has 0 aliphatic heterocycles. The first-order chi connectivity index (χ1) is 14.9. The largest absolute Gasteiger partial charge is 0.474 e. The zero-order valence-corrected chi connectivity index (χ0v) is 17.1. The molecule has 8 nitrogen and oxygen atoms in total. The Balaban J connectivity index is 1.88. The van der Waals surface area contributed by atoms with Crippen LogP contribution in [0.3, 0.4) is 0 Å². The molecule has 2 N–H and O–H groups in total. The van der Waals surface area contributed by atoms with E-state index in [1.54, 1.807) is 0 Å². The van der Waals surface area contributed by atoms with Crippen molar-refractivity contribution in [3.05, 3.63) is 64.9 Å². The second-order valence-corrected chi connectivity index (χ2v) is 7.31. The van der Waals surface area contributed by atoms with Crippen LogP contribution in [0.25, 0.3) is 11.0 Å². The number of rotatable bonds is 10. The highest BCUT2D eigenvalue weighted by Gasteiger charge is 2.22. The zero-order valence-electron chi connectivity index (χ0n) is 16.2. The summed E-state index contributed by atoms with van der Waals surface area (Å²) in [6.45, 7) is -0.0931. The van der Waals surface area contributed by atoms with Crippen LogP contribution in [0.15, 0.2) is 36.5 Å². The Bertz CT molecular complexity index is 1180. The fourth-order valence-electron chi connectivity index (χ4n) is 2.95. The van der Waals surface area contributed by atoms with E-state index in [1.807, 2.05) is 0 Å². The summed E-state index contributed by atoms with van der Waals surface area (Å²) >= 11 is 0. The van der Waals surface area contributed by atoms with Gasteiger partial charge in [0.15, 0.2) is 5.78 Å². The maximum absolute atomic E-state index is 14.9. The maximum atomic E-state index is 14.9. The number of ketones is 1. The topological polar surface area (TPSA) is 118 Å². The zero-order chi connectivity index (χ0) is 22.4. The van der Waals surface area contributed by atoms with Gasteiger partial charge in [0, 0.05) is 12.1 Å². The molecule has 0 saturated heterocycles. The summed E-state index contributed by atoms with van der Waals surface area (Å²) in [6, 6.07) is 6.50. The van der Waals surface area contributed by atoms with Gasteiger partial charge in [0.1, 0.15) is 18.2 Å². The van der Waals surface area contributed by atoms with Gasteiger partial charge in [-0.15, -0.1) is 0 Å². The van der Waals surface area contributed by atoms with Crippen LogP contribution < -0.4 is 9.46 Å². The van der Waals surface area contributed by atoms with Crippen molar-refractivity contribution in [2.75, 3.05) is 19.8 Å². The number of aliphatic hydroxyl groups excluding tert-OH is 1. The lowest BCUT2D eigenvalue weighted by Crippen LogP contribution is -2.14. The van der Waals surface area contributed by atoms with Gasteiger partial charge >= 0.3 is 0 Å². The Morgan fingerprint density at radius 3 is 2.71 bits per heavy atom. The molecule has 3 rings (SSSR count). The van der Waals surface area contributed by atoms with Crippen LogP contribution in [0.5, 0.6) is 5.88 Å². The highest BCUT2D eigenvalue weighted by atomic mass is 32.2. The smallest absolute Gasteiger partial charge is 0.232 e. The van der Waals surface area contributed by atoms with Gasteiger partial charge in [-0.2, -0.15) is 0 Å². The molecule has 31 heavy (non-hydrogen) atoms. The summed E-state index contributed by atoms with van der Waals surface area (Å²) in [4.78, 5) is 21.2. The first-order valence-electron chi connectivity index (χ1n) is 9.30. The van der Waals surface area contributed by atoms with Gasteiger partial charge in [-0.05, 0) is 42.7 Å². The minimum Gasteiger partial charge on any atom is -0.474 e. The van der Waals surface area contributed by atoms with E-state index in [2.05, 4.69) is 14.7 Å². The van der Waals surface area contributed by atoms with Crippen LogP contribution >= 0.6 is 0 Å². The van der Waals surface area contributed by atoms with Crippen LogP contribution in [0.4, 0.5) is 8.78 Å². The van der Waals surface area contributed by atoms with E-state index in [1.165, 1.54) is 30.5 Å². The molecule has 0 aliphatic rings. The number of aryl methyl sites for hydroxylation is 1. The van der Waals surface area contributed by atoms with E-state index in [0.717, 1.165) is 6.07 Å². The van der Waals surface area contributed by atoms with Gasteiger partial charge in [0.05, 0.1) is 29.4 Å². The molecule has 0 unspecified atom stereocenters. The van der Waals surface area contributed by atoms with Crippen molar-refractivity contribution < 1.29 is 31.8 Å². The molecule has 11 heteroatoms. The quantitative estimate of drug-likeness (QED) is 0.243. The van der Waals surface area contributed by atoms with Crippen molar-refractivity contribution in [2.24, 2.45) is 0 Å². The summed E-state index contributed by atoms with van der Waals surface area (Å²) in [5, 5.41) is 8.83. The van der Waals surface area contributed by atoms with Gasteiger partial charge in [-0.25, -0.2) is 31.9 Å². The predicted octanol–water partition coefficient (Wildman–Crippen LogP) is 1.56. The molecule has 3 aromatic rings. The molecule has 0 aliphatic carbocycles. The van der Waals surface area contributed by atoms with Crippen LogP contribution in [-0.2, 0) is 17.3 Å². The number of hydrogen-bond acceptors (Lipinski definition) is 7. The van der Waals surface area contributed by atoms with Crippen LogP contribution in [0.1, 0.15) is 27.9 Å².